The Labute approximate surface area is 252 Å². The predicted molar refractivity (Wildman–Crippen MR) is 156 cm³/mol. The second kappa shape index (κ2) is 12.6. The Bertz CT molecular complexity index is 1280. The first-order valence-electron chi connectivity index (χ1n) is 15.7. The highest BCUT2D eigenvalue weighted by Gasteiger charge is 2.71. The van der Waals surface area contributed by atoms with Crippen molar-refractivity contribution >= 4 is 23.7 Å². The molecular formula is C33H41N3O7. The van der Waals surface area contributed by atoms with E-state index < -0.39 is 41.5 Å². The Balaban J connectivity index is 1.39. The van der Waals surface area contributed by atoms with Crippen molar-refractivity contribution in [3.05, 3.63) is 60.2 Å². The third kappa shape index (κ3) is 5.51. The summed E-state index contributed by atoms with van der Waals surface area (Å²) in [5.74, 6) is -3.08. The van der Waals surface area contributed by atoms with Crippen LogP contribution in [0.3, 0.4) is 0 Å². The quantitative estimate of drug-likeness (QED) is 0.398. The van der Waals surface area contributed by atoms with E-state index in [2.05, 4.69) is 5.32 Å². The molecule has 2 N–H and O–H groups in total. The van der Waals surface area contributed by atoms with E-state index in [1.807, 2.05) is 47.4 Å². The molecule has 6 rings (SSSR count). The van der Waals surface area contributed by atoms with Gasteiger partial charge in [-0.3, -0.25) is 19.2 Å². The Hall–Kier alpha value is -3.50. The van der Waals surface area contributed by atoms with Crippen LogP contribution < -0.4 is 5.32 Å². The van der Waals surface area contributed by atoms with Gasteiger partial charge < -0.3 is 29.7 Å². The molecule has 10 nitrogen and oxygen atoms in total. The molecule has 230 valence electrons. The van der Waals surface area contributed by atoms with Gasteiger partial charge in [0.15, 0.2) is 0 Å². The van der Waals surface area contributed by atoms with Crippen LogP contribution in [0, 0.1) is 11.8 Å². The van der Waals surface area contributed by atoms with Crippen molar-refractivity contribution in [2.75, 3.05) is 26.3 Å². The van der Waals surface area contributed by atoms with Crippen molar-refractivity contribution in [2.45, 2.75) is 81.2 Å². The molecule has 5 aliphatic rings. The van der Waals surface area contributed by atoms with Crippen LogP contribution in [0.15, 0.2) is 54.6 Å². The molecule has 3 amide bonds. The van der Waals surface area contributed by atoms with Gasteiger partial charge in [0.2, 0.25) is 17.7 Å². The summed E-state index contributed by atoms with van der Waals surface area (Å²) in [7, 11) is 0. The third-order valence-electron chi connectivity index (χ3n) is 9.67. The Morgan fingerprint density at radius 2 is 1.79 bits per heavy atom. The molecule has 0 bridgehead atoms. The Kier molecular flexibility index (Phi) is 8.68. The summed E-state index contributed by atoms with van der Waals surface area (Å²) in [4.78, 5) is 58.9. The third-order valence-corrected chi connectivity index (χ3v) is 9.67. The minimum Gasteiger partial charge on any atom is -0.463 e. The van der Waals surface area contributed by atoms with Gasteiger partial charge in [0.25, 0.3) is 0 Å². The lowest BCUT2D eigenvalue weighted by Crippen LogP contribution is -2.57. The Morgan fingerprint density at radius 3 is 2.56 bits per heavy atom. The fraction of sp³-hybridized carbons (Fsp3) is 0.576. The maximum Gasteiger partial charge on any atom is 0.306 e. The van der Waals surface area contributed by atoms with Crippen molar-refractivity contribution in [1.82, 2.24) is 15.1 Å². The van der Waals surface area contributed by atoms with E-state index in [1.165, 1.54) is 0 Å². The number of aliphatic hydroxyl groups is 1. The molecule has 1 spiro atoms. The van der Waals surface area contributed by atoms with E-state index in [9.17, 15) is 24.3 Å². The summed E-state index contributed by atoms with van der Waals surface area (Å²) in [5, 5.41) is 12.7. The predicted octanol–water partition coefficient (Wildman–Crippen LogP) is 2.43. The smallest absolute Gasteiger partial charge is 0.306 e. The minimum atomic E-state index is -1.33. The molecule has 6 atom stereocenters. The van der Waals surface area contributed by atoms with Crippen LogP contribution in [-0.4, -0.2) is 88.7 Å². The fourth-order valence-electron chi connectivity index (χ4n) is 7.66. The summed E-state index contributed by atoms with van der Waals surface area (Å²) in [6, 6.07) is 7.82. The molecule has 1 aliphatic carbocycles. The first-order valence-corrected chi connectivity index (χ1v) is 15.7. The standard InChI is InChI=1S/C33H41N3O7/c37-20-10-19-36-29-32(41)35(23-13-5-2-6-14-23)18-9-17-33(29)28(31(36)40)27-25(43-33)15-7-8-16-26(38)42-21-24(34-30(27)39)22-11-3-1-4-12-22/h1,3-4,7,9,11-12,15,17,23-25,27-29,37H,2,5-6,8,10,13-14,16,18-21H2,(H,34,39)/b15-7-/t24-,25+,27-,28-,29+,33-/m1/s1. The summed E-state index contributed by atoms with van der Waals surface area (Å²) in [5.41, 5.74) is -0.562. The van der Waals surface area contributed by atoms with Crippen LogP contribution in [0.4, 0.5) is 0 Å². The van der Waals surface area contributed by atoms with E-state index in [0.29, 0.717) is 19.4 Å². The zero-order valence-electron chi connectivity index (χ0n) is 24.4. The Morgan fingerprint density at radius 1 is 1.00 bits per heavy atom. The number of carbonyl (C=O) groups is 4. The summed E-state index contributed by atoms with van der Waals surface area (Å²) < 4.78 is 12.3. The second-order valence-electron chi connectivity index (χ2n) is 12.3. The number of rotatable bonds is 5. The lowest BCUT2D eigenvalue weighted by atomic mass is 9.77. The zero-order chi connectivity index (χ0) is 30.0. The molecule has 10 heteroatoms. The molecule has 0 unspecified atom stereocenters. The zero-order valence-corrected chi connectivity index (χ0v) is 24.4. The van der Waals surface area contributed by atoms with Crippen LogP contribution in [0.2, 0.25) is 0 Å². The van der Waals surface area contributed by atoms with Crippen LogP contribution in [-0.2, 0) is 28.7 Å². The number of fused-ring (bicyclic) bond motifs is 2. The van der Waals surface area contributed by atoms with Crippen molar-refractivity contribution in [3.8, 4) is 0 Å². The normalized spacial score (nSPS) is 34.3. The molecular weight excluding hydrogens is 550 g/mol. The fourth-order valence-corrected chi connectivity index (χ4v) is 7.66. The van der Waals surface area contributed by atoms with E-state index in [4.69, 9.17) is 9.47 Å². The maximum atomic E-state index is 14.5. The highest BCUT2D eigenvalue weighted by atomic mass is 16.5. The average Bonchev–Trinajstić information content (AvgIpc) is 3.40. The molecule has 2 saturated heterocycles. The number of amides is 3. The lowest BCUT2D eigenvalue weighted by molar-refractivity contribution is -0.150. The molecule has 1 saturated carbocycles. The van der Waals surface area contributed by atoms with Gasteiger partial charge >= 0.3 is 5.97 Å². The number of carbonyl (C=O) groups excluding carboxylic acids is 4. The van der Waals surface area contributed by atoms with Gasteiger partial charge in [0, 0.05) is 32.2 Å². The lowest BCUT2D eigenvalue weighted by Gasteiger charge is -2.39. The van der Waals surface area contributed by atoms with Crippen LogP contribution in [0.25, 0.3) is 0 Å². The number of ether oxygens (including phenoxy) is 2. The van der Waals surface area contributed by atoms with E-state index >= 15 is 0 Å². The number of hydrogen-bond donors (Lipinski definition) is 2. The second-order valence-corrected chi connectivity index (χ2v) is 12.3. The number of hydrogen-bond acceptors (Lipinski definition) is 7. The van der Waals surface area contributed by atoms with Crippen molar-refractivity contribution in [3.63, 3.8) is 0 Å². The van der Waals surface area contributed by atoms with Crippen LogP contribution in [0.5, 0.6) is 0 Å². The summed E-state index contributed by atoms with van der Waals surface area (Å²) in [6.45, 7) is 0.447. The molecule has 1 aromatic rings. The summed E-state index contributed by atoms with van der Waals surface area (Å²) >= 11 is 0. The van der Waals surface area contributed by atoms with E-state index in [1.54, 1.807) is 17.1 Å². The number of allylic oxidation sites excluding steroid dienone is 1. The highest BCUT2D eigenvalue weighted by molar-refractivity contribution is 5.99. The largest absolute Gasteiger partial charge is 0.463 e. The van der Waals surface area contributed by atoms with E-state index in [0.717, 1.165) is 37.7 Å². The van der Waals surface area contributed by atoms with Gasteiger partial charge in [-0.2, -0.15) is 0 Å². The minimum absolute atomic E-state index is 0.0414. The van der Waals surface area contributed by atoms with Gasteiger partial charge in [0.05, 0.1) is 24.0 Å². The molecule has 43 heavy (non-hydrogen) atoms. The molecule has 3 fully saturated rings. The van der Waals surface area contributed by atoms with Gasteiger partial charge in [-0.05, 0) is 31.2 Å². The molecule has 1 aromatic carbocycles. The van der Waals surface area contributed by atoms with Crippen LogP contribution >= 0.6 is 0 Å². The van der Waals surface area contributed by atoms with E-state index in [-0.39, 0.29) is 50.0 Å². The topological polar surface area (TPSA) is 125 Å². The number of aliphatic hydroxyl groups excluding tert-OH is 1. The van der Waals surface area contributed by atoms with Crippen molar-refractivity contribution in [2.24, 2.45) is 11.8 Å². The number of nitrogens with zero attached hydrogens (tertiary/aromatic N) is 2. The summed E-state index contributed by atoms with van der Waals surface area (Å²) in [6.07, 6.45) is 12.5. The number of cyclic esters (lactones) is 1. The number of likely N-dealkylation sites (tertiary alicyclic amines) is 1. The van der Waals surface area contributed by atoms with Gasteiger partial charge in [-0.25, -0.2) is 0 Å². The first kappa shape index (κ1) is 29.6. The average molecular weight is 592 g/mol. The monoisotopic (exact) mass is 591 g/mol. The number of nitrogens with one attached hydrogen (secondary N) is 1. The molecule has 0 aromatic heterocycles. The van der Waals surface area contributed by atoms with Crippen LogP contribution in [0.1, 0.15) is 63.0 Å². The molecule has 0 radical (unpaired) electrons. The van der Waals surface area contributed by atoms with Gasteiger partial charge in [0.1, 0.15) is 18.2 Å². The molecule has 4 aliphatic heterocycles. The van der Waals surface area contributed by atoms with Gasteiger partial charge in [-0.1, -0.05) is 73.9 Å². The van der Waals surface area contributed by atoms with Crippen molar-refractivity contribution in [1.29, 1.82) is 0 Å². The van der Waals surface area contributed by atoms with Gasteiger partial charge in [-0.15, -0.1) is 0 Å². The first-order chi connectivity index (χ1) is 20.9. The maximum absolute atomic E-state index is 14.5. The van der Waals surface area contributed by atoms with Crippen molar-refractivity contribution < 1.29 is 33.8 Å². The number of benzene rings is 1. The number of esters is 1. The SMILES string of the molecule is O=C1CC/C=C\[C@@H]2O[C@@]34C=CCN(C5CCCCC5)C(=O)[C@@H]3N(CCCO)C(=O)[C@H]4[C@@H]2C(=O)N[C@@H](c2ccccc2)CO1. The highest BCUT2D eigenvalue weighted by Crippen LogP contribution is 2.53. The molecule has 4 heterocycles.